The predicted octanol–water partition coefficient (Wildman–Crippen LogP) is 3.03. The van der Waals surface area contributed by atoms with Crippen LogP contribution in [0.1, 0.15) is 23.3 Å². The highest BCUT2D eigenvalue weighted by Gasteiger charge is 2.20. The lowest BCUT2D eigenvalue weighted by molar-refractivity contribution is 0.0924. The van der Waals surface area contributed by atoms with Gasteiger partial charge in [0.15, 0.2) is 5.69 Å². The molecule has 0 spiro atoms. The Kier molecular flexibility index (Phi) is 5.39. The van der Waals surface area contributed by atoms with Crippen molar-refractivity contribution in [3.8, 4) is 22.7 Å². The molecule has 0 atom stereocenters. The van der Waals surface area contributed by atoms with E-state index in [0.717, 1.165) is 48.6 Å². The van der Waals surface area contributed by atoms with E-state index in [2.05, 4.69) is 15.7 Å². The Morgan fingerprint density at radius 1 is 1.11 bits per heavy atom. The molecule has 4 rings (SSSR count). The monoisotopic (exact) mass is 376 g/mol. The standard InChI is InChI=1S/C22H24N4O2/c1-28-19-9-7-16(8-10-19)21-15-20(22(27)24-17-11-13-23-14-12-17)25-26(21)18-5-3-2-4-6-18/h2-10,15,17,23H,11-14H2,1H3,(H,24,27). The fourth-order valence-corrected chi connectivity index (χ4v) is 3.45. The minimum absolute atomic E-state index is 0.128. The first kappa shape index (κ1) is 18.3. The summed E-state index contributed by atoms with van der Waals surface area (Å²) in [6.45, 7) is 1.86. The molecular weight excluding hydrogens is 352 g/mol. The number of piperidine rings is 1. The lowest BCUT2D eigenvalue weighted by Crippen LogP contribution is -2.42. The molecule has 2 N–H and O–H groups in total. The number of hydrogen-bond donors (Lipinski definition) is 2. The summed E-state index contributed by atoms with van der Waals surface area (Å²) in [4.78, 5) is 12.8. The molecule has 0 saturated carbocycles. The summed E-state index contributed by atoms with van der Waals surface area (Å²) in [5.41, 5.74) is 3.17. The smallest absolute Gasteiger partial charge is 0.272 e. The van der Waals surface area contributed by atoms with E-state index in [-0.39, 0.29) is 11.9 Å². The molecule has 1 aromatic heterocycles. The number of para-hydroxylation sites is 1. The highest BCUT2D eigenvalue weighted by molar-refractivity contribution is 5.93. The zero-order valence-electron chi connectivity index (χ0n) is 15.9. The zero-order chi connectivity index (χ0) is 19.3. The average molecular weight is 376 g/mol. The molecule has 2 aromatic carbocycles. The number of nitrogens with one attached hydrogen (secondary N) is 2. The van der Waals surface area contributed by atoms with E-state index in [0.29, 0.717) is 5.69 Å². The first-order chi connectivity index (χ1) is 13.7. The molecule has 0 bridgehead atoms. The summed E-state index contributed by atoms with van der Waals surface area (Å²) >= 11 is 0. The molecule has 1 saturated heterocycles. The number of carbonyl (C=O) groups excluding carboxylic acids is 1. The third-order valence-corrected chi connectivity index (χ3v) is 5.00. The number of hydrogen-bond acceptors (Lipinski definition) is 4. The van der Waals surface area contributed by atoms with E-state index < -0.39 is 0 Å². The molecule has 28 heavy (non-hydrogen) atoms. The third-order valence-electron chi connectivity index (χ3n) is 5.00. The van der Waals surface area contributed by atoms with Crippen LogP contribution in [0.5, 0.6) is 5.75 Å². The maximum absolute atomic E-state index is 12.8. The molecule has 6 heteroatoms. The molecule has 2 heterocycles. The topological polar surface area (TPSA) is 68.2 Å². The highest BCUT2D eigenvalue weighted by Crippen LogP contribution is 2.26. The first-order valence-electron chi connectivity index (χ1n) is 9.56. The number of carbonyl (C=O) groups is 1. The van der Waals surface area contributed by atoms with Crippen molar-refractivity contribution in [3.63, 3.8) is 0 Å². The first-order valence-corrected chi connectivity index (χ1v) is 9.56. The van der Waals surface area contributed by atoms with Gasteiger partial charge < -0.3 is 15.4 Å². The number of ether oxygens (including phenoxy) is 1. The van der Waals surface area contributed by atoms with Gasteiger partial charge in [0.05, 0.1) is 18.5 Å². The second kappa shape index (κ2) is 8.27. The molecule has 144 valence electrons. The Morgan fingerprint density at radius 2 is 1.82 bits per heavy atom. The third kappa shape index (κ3) is 3.92. The maximum atomic E-state index is 12.8. The van der Waals surface area contributed by atoms with E-state index in [1.54, 1.807) is 7.11 Å². The lowest BCUT2D eigenvalue weighted by atomic mass is 10.1. The molecule has 1 amide bonds. The van der Waals surface area contributed by atoms with Gasteiger partial charge >= 0.3 is 0 Å². The van der Waals surface area contributed by atoms with Crippen molar-refractivity contribution < 1.29 is 9.53 Å². The van der Waals surface area contributed by atoms with Crippen molar-refractivity contribution in [3.05, 3.63) is 66.4 Å². The minimum Gasteiger partial charge on any atom is -0.497 e. The largest absolute Gasteiger partial charge is 0.497 e. The number of rotatable bonds is 5. The van der Waals surface area contributed by atoms with Crippen molar-refractivity contribution >= 4 is 5.91 Å². The summed E-state index contributed by atoms with van der Waals surface area (Å²) < 4.78 is 7.07. The summed E-state index contributed by atoms with van der Waals surface area (Å²) in [6, 6.07) is 19.7. The fraction of sp³-hybridized carbons (Fsp3) is 0.273. The quantitative estimate of drug-likeness (QED) is 0.718. The fourth-order valence-electron chi connectivity index (χ4n) is 3.45. The van der Waals surface area contributed by atoms with Crippen molar-refractivity contribution in [2.45, 2.75) is 18.9 Å². The van der Waals surface area contributed by atoms with Crippen LogP contribution in [-0.2, 0) is 0 Å². The van der Waals surface area contributed by atoms with Crippen LogP contribution >= 0.6 is 0 Å². The molecule has 1 aliphatic heterocycles. The Morgan fingerprint density at radius 3 is 2.50 bits per heavy atom. The SMILES string of the molecule is COc1ccc(-c2cc(C(=O)NC3CCNCC3)nn2-c2ccccc2)cc1. The van der Waals surface area contributed by atoms with Gasteiger partial charge in [0.1, 0.15) is 5.75 Å². The summed E-state index contributed by atoms with van der Waals surface area (Å²) in [6.07, 6.45) is 1.88. The van der Waals surface area contributed by atoms with Crippen molar-refractivity contribution in [2.24, 2.45) is 0 Å². The van der Waals surface area contributed by atoms with E-state index in [1.807, 2.05) is 65.3 Å². The molecule has 1 aliphatic rings. The normalized spacial score (nSPS) is 14.6. The molecule has 6 nitrogen and oxygen atoms in total. The lowest BCUT2D eigenvalue weighted by Gasteiger charge is -2.23. The van der Waals surface area contributed by atoms with Crippen LogP contribution in [0.3, 0.4) is 0 Å². The average Bonchev–Trinajstić information content (AvgIpc) is 3.21. The van der Waals surface area contributed by atoms with Crippen LogP contribution < -0.4 is 15.4 Å². The summed E-state index contributed by atoms with van der Waals surface area (Å²) in [5, 5.41) is 11.1. The zero-order valence-corrected chi connectivity index (χ0v) is 15.9. The van der Waals surface area contributed by atoms with Gasteiger partial charge in [0, 0.05) is 11.6 Å². The van der Waals surface area contributed by atoms with Gasteiger partial charge in [-0.1, -0.05) is 18.2 Å². The molecule has 0 radical (unpaired) electrons. The van der Waals surface area contributed by atoms with Crippen LogP contribution in [0.4, 0.5) is 0 Å². The van der Waals surface area contributed by atoms with Crippen molar-refractivity contribution in [1.82, 2.24) is 20.4 Å². The van der Waals surface area contributed by atoms with Gasteiger partial charge in [0.25, 0.3) is 5.91 Å². The number of aromatic nitrogens is 2. The minimum atomic E-state index is -0.128. The van der Waals surface area contributed by atoms with E-state index in [4.69, 9.17) is 4.74 Å². The van der Waals surface area contributed by atoms with E-state index in [9.17, 15) is 4.79 Å². The summed E-state index contributed by atoms with van der Waals surface area (Å²) in [5.74, 6) is 0.662. The van der Waals surface area contributed by atoms with Gasteiger partial charge in [-0.3, -0.25) is 4.79 Å². The Balaban J connectivity index is 1.68. The van der Waals surface area contributed by atoms with Crippen LogP contribution in [0.2, 0.25) is 0 Å². The van der Waals surface area contributed by atoms with Gasteiger partial charge in [-0.15, -0.1) is 0 Å². The predicted molar refractivity (Wildman–Crippen MR) is 109 cm³/mol. The maximum Gasteiger partial charge on any atom is 0.272 e. The Bertz CT molecular complexity index is 929. The van der Waals surface area contributed by atoms with Crippen LogP contribution in [0.15, 0.2) is 60.7 Å². The van der Waals surface area contributed by atoms with Crippen LogP contribution in [0.25, 0.3) is 16.9 Å². The van der Waals surface area contributed by atoms with Gasteiger partial charge in [-0.2, -0.15) is 5.10 Å². The number of nitrogens with zero attached hydrogens (tertiary/aromatic N) is 2. The van der Waals surface area contributed by atoms with E-state index >= 15 is 0 Å². The van der Waals surface area contributed by atoms with Crippen molar-refractivity contribution in [2.75, 3.05) is 20.2 Å². The molecule has 0 aliphatic carbocycles. The van der Waals surface area contributed by atoms with Gasteiger partial charge in [0.2, 0.25) is 0 Å². The second-order valence-electron chi connectivity index (χ2n) is 6.89. The van der Waals surface area contributed by atoms with Crippen LogP contribution in [0, 0.1) is 0 Å². The summed E-state index contributed by atoms with van der Waals surface area (Å²) in [7, 11) is 1.65. The van der Waals surface area contributed by atoms with Crippen LogP contribution in [-0.4, -0.2) is 41.9 Å². The molecule has 1 fully saturated rings. The highest BCUT2D eigenvalue weighted by atomic mass is 16.5. The Labute approximate surface area is 164 Å². The van der Waals surface area contributed by atoms with Gasteiger partial charge in [-0.25, -0.2) is 4.68 Å². The number of benzene rings is 2. The van der Waals surface area contributed by atoms with Gasteiger partial charge in [-0.05, 0) is 68.4 Å². The number of amides is 1. The molecule has 0 unspecified atom stereocenters. The second-order valence-corrected chi connectivity index (χ2v) is 6.89. The number of methoxy groups -OCH3 is 1. The van der Waals surface area contributed by atoms with Crippen molar-refractivity contribution in [1.29, 1.82) is 0 Å². The molecule has 3 aromatic rings. The Hall–Kier alpha value is -3.12. The van der Waals surface area contributed by atoms with E-state index in [1.165, 1.54) is 0 Å². The molecular formula is C22H24N4O2.